The fourth-order valence-corrected chi connectivity index (χ4v) is 3.41. The minimum Gasteiger partial charge on any atom is -0.388 e. The molecule has 1 fully saturated rings. The highest BCUT2D eigenvalue weighted by molar-refractivity contribution is 5.75. The van der Waals surface area contributed by atoms with Gasteiger partial charge in [-0.05, 0) is 38.4 Å². The van der Waals surface area contributed by atoms with Gasteiger partial charge in [0.2, 0.25) is 5.91 Å². The molecule has 1 aromatic carbocycles. The Hall–Kier alpha value is -2.18. The molecule has 128 valence electrons. The molecule has 1 amide bonds. The van der Waals surface area contributed by atoms with Gasteiger partial charge in [-0.15, -0.1) is 0 Å². The zero-order valence-corrected chi connectivity index (χ0v) is 14.0. The summed E-state index contributed by atoms with van der Waals surface area (Å²) in [7, 11) is 0. The molecule has 1 saturated heterocycles. The molecule has 1 aliphatic heterocycles. The van der Waals surface area contributed by atoms with E-state index in [-0.39, 0.29) is 6.42 Å². The fraction of sp³-hybridized carbons (Fsp3) is 0.444. The van der Waals surface area contributed by atoms with E-state index >= 15 is 0 Å². The number of aliphatic hydroxyl groups is 1. The molecular weight excluding hydrogens is 304 g/mol. The summed E-state index contributed by atoms with van der Waals surface area (Å²) in [5, 5.41) is 15.2. The van der Waals surface area contributed by atoms with Gasteiger partial charge < -0.3 is 10.8 Å². The maximum Gasteiger partial charge on any atom is 0.220 e. The first kappa shape index (κ1) is 16.7. The van der Waals surface area contributed by atoms with Crippen molar-refractivity contribution >= 4 is 5.91 Å². The zero-order chi connectivity index (χ0) is 17.2. The third-order valence-corrected chi connectivity index (χ3v) is 4.55. The van der Waals surface area contributed by atoms with Crippen LogP contribution in [0.1, 0.15) is 30.5 Å². The van der Waals surface area contributed by atoms with Gasteiger partial charge >= 0.3 is 0 Å². The van der Waals surface area contributed by atoms with E-state index in [4.69, 9.17) is 5.73 Å². The minimum absolute atomic E-state index is 0.0196. The van der Waals surface area contributed by atoms with Crippen molar-refractivity contribution in [3.63, 3.8) is 0 Å². The van der Waals surface area contributed by atoms with Gasteiger partial charge in [0.25, 0.3) is 0 Å². The molecule has 0 radical (unpaired) electrons. The topological polar surface area (TPSA) is 84.4 Å². The van der Waals surface area contributed by atoms with Crippen LogP contribution in [-0.4, -0.2) is 44.4 Å². The van der Waals surface area contributed by atoms with Crippen molar-refractivity contribution in [2.45, 2.75) is 38.3 Å². The molecule has 1 atom stereocenters. The molecule has 2 heterocycles. The molecule has 0 bridgehead atoms. The van der Waals surface area contributed by atoms with Gasteiger partial charge in [-0.3, -0.25) is 9.69 Å². The lowest BCUT2D eigenvalue weighted by Gasteiger charge is -2.38. The summed E-state index contributed by atoms with van der Waals surface area (Å²) in [6.45, 7) is 4.07. The van der Waals surface area contributed by atoms with E-state index in [9.17, 15) is 9.90 Å². The summed E-state index contributed by atoms with van der Waals surface area (Å²) < 4.78 is 1.88. The van der Waals surface area contributed by atoms with Gasteiger partial charge in [0.1, 0.15) is 0 Å². The molecule has 24 heavy (non-hydrogen) atoms. The van der Waals surface area contributed by atoms with Crippen molar-refractivity contribution in [2.75, 3.05) is 13.1 Å². The third kappa shape index (κ3) is 3.83. The van der Waals surface area contributed by atoms with E-state index in [0.717, 1.165) is 29.9 Å². The van der Waals surface area contributed by atoms with Crippen molar-refractivity contribution in [2.24, 2.45) is 5.73 Å². The van der Waals surface area contributed by atoms with Crippen molar-refractivity contribution in [1.82, 2.24) is 14.7 Å². The molecule has 3 N–H and O–H groups in total. The van der Waals surface area contributed by atoms with E-state index in [0.29, 0.717) is 19.5 Å². The van der Waals surface area contributed by atoms with Gasteiger partial charge in [0.15, 0.2) is 0 Å². The molecule has 0 saturated carbocycles. The monoisotopic (exact) mass is 328 g/mol. The van der Waals surface area contributed by atoms with Crippen molar-refractivity contribution < 1.29 is 9.90 Å². The van der Waals surface area contributed by atoms with Crippen LogP contribution in [0.5, 0.6) is 0 Å². The molecule has 6 nitrogen and oxygen atoms in total. The van der Waals surface area contributed by atoms with Crippen molar-refractivity contribution in [3.05, 3.63) is 47.8 Å². The second kappa shape index (κ2) is 6.75. The molecule has 1 unspecified atom stereocenters. The molecule has 1 aliphatic rings. The SMILES string of the molecule is Cc1nn(-c2ccccc2)cc1CN1CCCC(O)(CC(N)=O)C1. The number of hydrogen-bond acceptors (Lipinski definition) is 4. The third-order valence-electron chi connectivity index (χ3n) is 4.55. The highest BCUT2D eigenvalue weighted by atomic mass is 16.3. The van der Waals surface area contributed by atoms with Crippen LogP contribution in [-0.2, 0) is 11.3 Å². The number of nitrogens with zero attached hydrogens (tertiary/aromatic N) is 3. The Kier molecular flexibility index (Phi) is 4.69. The van der Waals surface area contributed by atoms with E-state index in [2.05, 4.69) is 10.00 Å². The average Bonchev–Trinajstić information content (AvgIpc) is 2.88. The lowest BCUT2D eigenvalue weighted by Crippen LogP contribution is -2.49. The van der Waals surface area contributed by atoms with Crippen LogP contribution in [0.3, 0.4) is 0 Å². The van der Waals surface area contributed by atoms with Gasteiger partial charge in [0, 0.05) is 24.8 Å². The lowest BCUT2D eigenvalue weighted by molar-refractivity contribution is -0.125. The van der Waals surface area contributed by atoms with E-state index in [1.54, 1.807) is 0 Å². The Morgan fingerprint density at radius 3 is 2.83 bits per heavy atom. The molecule has 6 heteroatoms. The summed E-state index contributed by atoms with van der Waals surface area (Å²) in [6.07, 6.45) is 3.53. The van der Waals surface area contributed by atoms with Gasteiger partial charge in [-0.25, -0.2) is 4.68 Å². The Bertz CT molecular complexity index is 713. The molecule has 0 spiro atoms. The van der Waals surface area contributed by atoms with Crippen LogP contribution >= 0.6 is 0 Å². The van der Waals surface area contributed by atoms with Gasteiger partial charge in [-0.1, -0.05) is 18.2 Å². The first-order chi connectivity index (χ1) is 11.5. The molecule has 3 rings (SSSR count). The molecule has 1 aromatic heterocycles. The minimum atomic E-state index is -1.01. The quantitative estimate of drug-likeness (QED) is 0.868. The van der Waals surface area contributed by atoms with Crippen molar-refractivity contribution in [3.8, 4) is 5.69 Å². The number of hydrogen-bond donors (Lipinski definition) is 2. The Labute approximate surface area is 141 Å². The maximum atomic E-state index is 11.2. The second-order valence-corrected chi connectivity index (χ2v) is 6.70. The first-order valence-corrected chi connectivity index (χ1v) is 8.29. The number of primary amides is 1. The standard InChI is InChI=1S/C18H24N4O2/c1-14-15(12-22(20-14)16-6-3-2-4-7-16)11-21-9-5-8-18(24,13-21)10-17(19)23/h2-4,6-7,12,24H,5,8-11,13H2,1H3,(H2,19,23). The largest absolute Gasteiger partial charge is 0.388 e. The van der Waals surface area contributed by atoms with Crippen LogP contribution in [0.25, 0.3) is 5.69 Å². The summed E-state index contributed by atoms with van der Waals surface area (Å²) in [6, 6.07) is 9.99. The predicted molar refractivity (Wildman–Crippen MR) is 91.6 cm³/mol. The molecule has 0 aliphatic carbocycles. The lowest BCUT2D eigenvalue weighted by atomic mass is 9.89. The number of nitrogens with two attached hydrogens (primary N) is 1. The number of aryl methyl sites for hydroxylation is 1. The number of likely N-dealkylation sites (tertiary alicyclic amines) is 1. The summed E-state index contributed by atoms with van der Waals surface area (Å²) in [4.78, 5) is 13.4. The van der Waals surface area contributed by atoms with E-state index < -0.39 is 11.5 Å². The number of aromatic nitrogens is 2. The first-order valence-electron chi connectivity index (χ1n) is 8.29. The molecule has 2 aromatic rings. The zero-order valence-electron chi connectivity index (χ0n) is 14.0. The smallest absolute Gasteiger partial charge is 0.220 e. The highest BCUT2D eigenvalue weighted by Gasteiger charge is 2.34. The average molecular weight is 328 g/mol. The number of carbonyl (C=O) groups is 1. The Balaban J connectivity index is 1.72. The number of β-amino-alcohol motifs (C(OH)–C–C–N with tert-alkyl or cyclic N) is 1. The maximum absolute atomic E-state index is 11.2. The van der Waals surface area contributed by atoms with E-state index in [1.807, 2.05) is 48.1 Å². The van der Waals surface area contributed by atoms with Crippen LogP contribution in [0.4, 0.5) is 0 Å². The summed E-state index contributed by atoms with van der Waals surface area (Å²) in [5.74, 6) is -0.451. The number of rotatable bonds is 5. The van der Waals surface area contributed by atoms with Crippen LogP contribution in [0.15, 0.2) is 36.5 Å². The normalized spacial score (nSPS) is 21.8. The number of benzene rings is 1. The Morgan fingerprint density at radius 2 is 2.12 bits per heavy atom. The van der Waals surface area contributed by atoms with Crippen molar-refractivity contribution in [1.29, 1.82) is 0 Å². The summed E-state index contributed by atoms with van der Waals surface area (Å²) in [5.41, 5.74) is 7.39. The summed E-state index contributed by atoms with van der Waals surface area (Å²) >= 11 is 0. The Morgan fingerprint density at radius 1 is 1.38 bits per heavy atom. The number of carbonyl (C=O) groups excluding carboxylic acids is 1. The number of para-hydroxylation sites is 1. The number of amides is 1. The predicted octanol–water partition coefficient (Wildman–Crippen LogP) is 1.38. The van der Waals surface area contributed by atoms with Crippen LogP contribution < -0.4 is 5.73 Å². The fourth-order valence-electron chi connectivity index (χ4n) is 3.41. The second-order valence-electron chi connectivity index (χ2n) is 6.70. The number of piperidine rings is 1. The van der Waals surface area contributed by atoms with Crippen LogP contribution in [0, 0.1) is 6.92 Å². The van der Waals surface area contributed by atoms with Gasteiger partial charge in [0.05, 0.1) is 23.4 Å². The van der Waals surface area contributed by atoms with Crippen LogP contribution in [0.2, 0.25) is 0 Å². The molecular formula is C18H24N4O2. The van der Waals surface area contributed by atoms with E-state index in [1.165, 1.54) is 0 Å². The van der Waals surface area contributed by atoms with Gasteiger partial charge in [-0.2, -0.15) is 5.10 Å². The highest BCUT2D eigenvalue weighted by Crippen LogP contribution is 2.26.